The van der Waals surface area contributed by atoms with Crippen molar-refractivity contribution < 1.29 is 42.7 Å². The first-order chi connectivity index (χ1) is 41.8. The highest BCUT2D eigenvalue weighted by Crippen LogP contribution is 2.53. The monoisotopic (exact) mass is 1180 g/mol. The number of aromatic nitrogens is 3. The fourth-order valence-electron chi connectivity index (χ4n) is 15.5. The second-order valence-corrected chi connectivity index (χ2v) is 26.6. The van der Waals surface area contributed by atoms with Gasteiger partial charge in [-0.15, -0.1) is 0 Å². The van der Waals surface area contributed by atoms with Gasteiger partial charge in [0.1, 0.15) is 17.4 Å². The lowest BCUT2D eigenvalue weighted by molar-refractivity contribution is -0.140. The summed E-state index contributed by atoms with van der Waals surface area (Å²) in [7, 11) is 0. The van der Waals surface area contributed by atoms with Crippen LogP contribution in [0, 0.1) is 30.5 Å². The van der Waals surface area contributed by atoms with Crippen LogP contribution in [-0.4, -0.2) is 145 Å². The van der Waals surface area contributed by atoms with Crippen LogP contribution in [0.15, 0.2) is 60.9 Å². The molecule has 8 heterocycles. The summed E-state index contributed by atoms with van der Waals surface area (Å²) in [6.07, 6.45) is 12.6. The largest absolute Gasteiger partial charge is 0.350 e. The number of aryl methyl sites for hydroxylation is 1. The third kappa shape index (κ3) is 10.6. The number of piperidine rings is 3. The van der Waals surface area contributed by atoms with Gasteiger partial charge in [0.05, 0.1) is 45.7 Å². The summed E-state index contributed by atoms with van der Waals surface area (Å²) in [5.41, 5.74) is 6.12. The summed E-state index contributed by atoms with van der Waals surface area (Å²) in [6.45, 7) is 13.5. The fourth-order valence-corrected chi connectivity index (χ4v) is 15.5. The molecule has 2 saturated carbocycles. The zero-order valence-electron chi connectivity index (χ0n) is 50.5. The molecule has 19 nitrogen and oxygen atoms in total. The van der Waals surface area contributed by atoms with Gasteiger partial charge < -0.3 is 34.8 Å². The highest BCUT2D eigenvalue weighted by Gasteiger charge is 2.56. The number of pyridine rings is 1. The number of carbonyl (C=O) groups excluding carboxylic acids is 8. The van der Waals surface area contributed by atoms with E-state index >= 15 is 9.18 Å². The number of halogens is 1. The average Bonchev–Trinajstić information content (AvgIpc) is 1.58. The summed E-state index contributed by atoms with van der Waals surface area (Å²) in [6, 6.07) is 15.6. The number of hydrogen-bond donors (Lipinski definition) is 3. The van der Waals surface area contributed by atoms with E-state index in [-0.39, 0.29) is 89.2 Å². The first-order valence-corrected chi connectivity index (χ1v) is 31.7. The number of anilines is 3. The van der Waals surface area contributed by atoms with Crippen LogP contribution in [0.5, 0.6) is 0 Å². The molecule has 0 radical (unpaired) electrons. The van der Waals surface area contributed by atoms with Crippen LogP contribution >= 0.6 is 0 Å². The molecule has 0 bridgehead atoms. The fraction of sp³-hybridized carbons (Fsp3) is 0.522. The van der Waals surface area contributed by atoms with Crippen molar-refractivity contribution in [3.8, 4) is 11.3 Å². The Labute approximate surface area is 506 Å². The van der Waals surface area contributed by atoms with Gasteiger partial charge in [0, 0.05) is 79.5 Å². The van der Waals surface area contributed by atoms with Crippen molar-refractivity contribution in [3.63, 3.8) is 0 Å². The lowest BCUT2D eigenvalue weighted by Gasteiger charge is -2.48. The molecule has 2 aromatic heterocycles. The maximum atomic E-state index is 16.0. The molecular weight excluding hydrogens is 1110 g/mol. The van der Waals surface area contributed by atoms with Gasteiger partial charge in [-0.05, 0) is 190 Å². The van der Waals surface area contributed by atoms with Crippen LogP contribution in [0.1, 0.15) is 171 Å². The molecule has 2 aliphatic carbocycles. The van der Waals surface area contributed by atoms with Crippen molar-refractivity contribution in [3.05, 3.63) is 100 Å². The second-order valence-electron chi connectivity index (χ2n) is 26.6. The molecule has 6 fully saturated rings. The van der Waals surface area contributed by atoms with E-state index < -0.39 is 40.9 Å². The van der Waals surface area contributed by atoms with Gasteiger partial charge >= 0.3 is 0 Å². The minimum absolute atomic E-state index is 0.00133. The van der Waals surface area contributed by atoms with E-state index in [1.807, 2.05) is 60.3 Å². The Bertz CT molecular complexity index is 3660. The number of likely N-dealkylation sites (tertiary alicyclic amines) is 3. The summed E-state index contributed by atoms with van der Waals surface area (Å²) < 4.78 is 18.0. The molecule has 2 atom stereocenters. The molecule has 4 saturated heterocycles. The van der Waals surface area contributed by atoms with Gasteiger partial charge in [-0.25, -0.2) is 14.4 Å². The van der Waals surface area contributed by atoms with E-state index in [0.29, 0.717) is 91.6 Å². The minimum atomic E-state index is -1.02. The summed E-state index contributed by atoms with van der Waals surface area (Å²) in [5, 5.41) is 8.44. The molecule has 5 aromatic rings. The first-order valence-electron chi connectivity index (χ1n) is 31.7. The average molecular weight is 1180 g/mol. The molecule has 6 aliphatic heterocycles. The number of imidazole rings is 1. The van der Waals surface area contributed by atoms with Gasteiger partial charge in [0.25, 0.3) is 17.7 Å². The Morgan fingerprint density at radius 3 is 2.22 bits per heavy atom. The quantitative estimate of drug-likeness (QED) is 0.0945. The van der Waals surface area contributed by atoms with E-state index in [1.165, 1.54) is 31.4 Å². The van der Waals surface area contributed by atoms with Crippen LogP contribution in [-0.2, 0) is 35.8 Å². The van der Waals surface area contributed by atoms with Crippen molar-refractivity contribution in [2.24, 2.45) is 17.8 Å². The SMILES string of the molecule is Cc1cc(F)c(Nc2nc(-c3ccc4c(c3)N(C3CC(N5CCCCC5)C3)C(=O)C43CCN(C(=O)[C@@H]4CCN(C(=O)C5CCC(Cc6ccc7c(c6)C(=O)N(C6CCC(=O)NC6=O)C7=O)CC5)C4)CC3)cc3ncn(C(C)C)c23)cc1C(=O)NC(C)C. The summed E-state index contributed by atoms with van der Waals surface area (Å²) in [4.78, 5) is 128. The Morgan fingerprint density at radius 2 is 1.49 bits per heavy atom. The zero-order valence-corrected chi connectivity index (χ0v) is 50.5. The highest BCUT2D eigenvalue weighted by atomic mass is 19.1. The van der Waals surface area contributed by atoms with Crippen molar-refractivity contribution >= 4 is 75.5 Å². The number of imide groups is 2. The standard InChI is InChI=1S/C67H78FN11O8/c1-37(2)70-60(81)48-33-53(51(68)27-39(48)5)72-59-58-54(69-36-77(58)38(3)4)34-52(71-59)43-14-16-50-56(30-43)78(46-31-45(32-46)74-22-7-6-8-23-74)66(87)67(50)20-25-75(26-21-67)63(84)44-19-24-76(35-44)62(83)42-12-9-40(10-13-42)28-41-11-15-47-49(29-41)65(86)79(64(47)85)55-17-18-57(80)73-61(55)82/h11,14-16,27,29-30,33-34,36-38,40,42,44-46,55H,6-10,12-13,17-26,28,31-32,35H2,1-5H3,(H,70,81)(H,71,72)(H,73,80,82)/t40?,42?,44-,45?,46?,55?/m1/s1. The lowest BCUT2D eigenvalue weighted by Crippen LogP contribution is -2.58. The first kappa shape index (κ1) is 58.2. The molecule has 3 N–H and O–H groups in total. The molecule has 8 amide bonds. The summed E-state index contributed by atoms with van der Waals surface area (Å²) >= 11 is 0. The third-order valence-corrected chi connectivity index (χ3v) is 20.4. The van der Waals surface area contributed by atoms with Crippen LogP contribution in [0.2, 0.25) is 0 Å². The Hall–Kier alpha value is -7.87. The van der Waals surface area contributed by atoms with E-state index in [9.17, 15) is 33.6 Å². The van der Waals surface area contributed by atoms with E-state index in [1.54, 1.807) is 25.4 Å². The van der Waals surface area contributed by atoms with Gasteiger partial charge in [-0.2, -0.15) is 0 Å². The number of hydrogen-bond acceptors (Lipinski definition) is 12. The molecule has 20 heteroatoms. The Morgan fingerprint density at radius 1 is 0.759 bits per heavy atom. The van der Waals surface area contributed by atoms with Crippen LogP contribution in [0.25, 0.3) is 22.3 Å². The number of rotatable bonds is 13. The topological polar surface area (TPSA) is 220 Å². The predicted octanol–water partition coefficient (Wildman–Crippen LogP) is 8.53. The van der Waals surface area contributed by atoms with Gasteiger partial charge in [-0.3, -0.25) is 48.6 Å². The lowest BCUT2D eigenvalue weighted by atomic mass is 9.73. The van der Waals surface area contributed by atoms with E-state index in [2.05, 4.69) is 37.9 Å². The van der Waals surface area contributed by atoms with Crippen LogP contribution in [0.3, 0.4) is 0 Å². The summed E-state index contributed by atoms with van der Waals surface area (Å²) in [5.74, 6) is -2.52. The van der Waals surface area contributed by atoms with E-state index in [4.69, 9.17) is 9.97 Å². The van der Waals surface area contributed by atoms with Crippen molar-refractivity contribution in [2.45, 2.75) is 167 Å². The number of amides is 8. The Balaban J connectivity index is 0.684. The minimum Gasteiger partial charge on any atom is -0.350 e. The van der Waals surface area contributed by atoms with Crippen LogP contribution in [0.4, 0.5) is 21.6 Å². The number of carbonyl (C=O) groups is 8. The van der Waals surface area contributed by atoms with E-state index in [0.717, 1.165) is 78.9 Å². The predicted molar refractivity (Wildman–Crippen MR) is 325 cm³/mol. The van der Waals surface area contributed by atoms with Gasteiger partial charge in [0.15, 0.2) is 5.82 Å². The molecule has 456 valence electrons. The third-order valence-electron chi connectivity index (χ3n) is 20.4. The normalized spacial score (nSPS) is 24.8. The molecule has 8 aliphatic rings. The molecule has 87 heavy (non-hydrogen) atoms. The molecular formula is C67H78FN11O8. The van der Waals surface area contributed by atoms with Gasteiger partial charge in [0.2, 0.25) is 29.5 Å². The van der Waals surface area contributed by atoms with Gasteiger partial charge in [-0.1, -0.05) is 24.6 Å². The smallest absolute Gasteiger partial charge is 0.262 e. The second kappa shape index (κ2) is 23.0. The molecule has 1 spiro atoms. The van der Waals surface area contributed by atoms with Crippen molar-refractivity contribution in [1.29, 1.82) is 0 Å². The maximum absolute atomic E-state index is 16.0. The number of benzene rings is 3. The maximum Gasteiger partial charge on any atom is 0.262 e. The van der Waals surface area contributed by atoms with Crippen molar-refractivity contribution in [1.82, 2.24) is 44.8 Å². The number of nitrogens with one attached hydrogen (secondary N) is 3. The molecule has 13 rings (SSSR count). The highest BCUT2D eigenvalue weighted by molar-refractivity contribution is 6.23. The van der Waals surface area contributed by atoms with Crippen LogP contribution < -0.4 is 20.9 Å². The zero-order chi connectivity index (χ0) is 60.7. The number of fused-ring (bicyclic) bond motifs is 4. The molecule has 3 aromatic carbocycles. The number of nitrogens with zero attached hydrogens (tertiary/aromatic N) is 8. The Kier molecular flexibility index (Phi) is 15.4. The molecule has 1 unspecified atom stereocenters. The van der Waals surface area contributed by atoms with Crippen molar-refractivity contribution in [2.75, 3.05) is 49.5 Å².